The van der Waals surface area contributed by atoms with Crippen molar-refractivity contribution in [2.75, 3.05) is 13.2 Å². The second kappa shape index (κ2) is 11.5. The average molecular weight is 543 g/mol. The minimum absolute atomic E-state index is 0.0307. The zero-order valence-electron chi connectivity index (χ0n) is 22.2. The lowest BCUT2D eigenvalue weighted by Crippen LogP contribution is -2.38. The van der Waals surface area contributed by atoms with Crippen molar-refractivity contribution < 1.29 is 19.1 Å². The Hall–Kier alpha value is -3.90. The molecule has 2 aliphatic rings. The SMILES string of the molecule is CCOC(=O)C1=C(C)N(Cc2cccc(C(=O)N3CCc4ccccc4C3)c2)C(=O)CC1c1cccc(Cl)c1. The smallest absolute Gasteiger partial charge is 0.336 e. The van der Waals surface area contributed by atoms with Crippen molar-refractivity contribution in [3.8, 4) is 0 Å². The number of fused-ring (bicyclic) bond motifs is 1. The quantitative estimate of drug-likeness (QED) is 0.364. The van der Waals surface area contributed by atoms with Gasteiger partial charge in [-0.15, -0.1) is 0 Å². The fraction of sp³-hybridized carbons (Fsp3) is 0.281. The number of esters is 1. The normalized spacial score (nSPS) is 17.2. The highest BCUT2D eigenvalue weighted by molar-refractivity contribution is 6.30. The zero-order valence-corrected chi connectivity index (χ0v) is 22.9. The Labute approximate surface area is 233 Å². The molecule has 2 heterocycles. The van der Waals surface area contributed by atoms with Gasteiger partial charge in [0.15, 0.2) is 0 Å². The van der Waals surface area contributed by atoms with Gasteiger partial charge in [-0.1, -0.05) is 60.1 Å². The maximum Gasteiger partial charge on any atom is 0.336 e. The first-order valence-electron chi connectivity index (χ1n) is 13.2. The average Bonchev–Trinajstić information content (AvgIpc) is 2.94. The van der Waals surface area contributed by atoms with Crippen LogP contribution < -0.4 is 0 Å². The van der Waals surface area contributed by atoms with Crippen LogP contribution in [-0.2, 0) is 33.8 Å². The zero-order chi connectivity index (χ0) is 27.5. The summed E-state index contributed by atoms with van der Waals surface area (Å²) in [7, 11) is 0. The largest absolute Gasteiger partial charge is 0.463 e. The van der Waals surface area contributed by atoms with E-state index in [1.54, 1.807) is 30.9 Å². The van der Waals surface area contributed by atoms with E-state index in [0.29, 0.717) is 34.9 Å². The summed E-state index contributed by atoms with van der Waals surface area (Å²) in [6.45, 7) is 5.27. The molecule has 0 radical (unpaired) electrons. The van der Waals surface area contributed by atoms with E-state index in [-0.39, 0.29) is 31.4 Å². The van der Waals surface area contributed by atoms with Gasteiger partial charge in [-0.25, -0.2) is 4.79 Å². The fourth-order valence-electron chi connectivity index (χ4n) is 5.52. The number of hydrogen-bond acceptors (Lipinski definition) is 4. The molecule has 2 amide bonds. The van der Waals surface area contributed by atoms with Crippen LogP contribution in [0.5, 0.6) is 0 Å². The highest BCUT2D eigenvalue weighted by atomic mass is 35.5. The van der Waals surface area contributed by atoms with Gasteiger partial charge in [0.05, 0.1) is 18.7 Å². The lowest BCUT2D eigenvalue weighted by atomic mass is 9.83. The van der Waals surface area contributed by atoms with Crippen LogP contribution in [0.15, 0.2) is 84.1 Å². The van der Waals surface area contributed by atoms with Gasteiger partial charge in [0.25, 0.3) is 5.91 Å². The molecule has 0 N–H and O–H groups in total. The van der Waals surface area contributed by atoms with E-state index in [0.717, 1.165) is 17.5 Å². The molecule has 0 spiro atoms. The number of amides is 2. The molecule has 0 saturated carbocycles. The topological polar surface area (TPSA) is 66.9 Å². The first-order valence-corrected chi connectivity index (χ1v) is 13.6. The van der Waals surface area contributed by atoms with Gasteiger partial charge in [0, 0.05) is 41.7 Å². The minimum atomic E-state index is -0.443. The number of carbonyl (C=O) groups is 3. The Morgan fingerprint density at radius 1 is 1.00 bits per heavy atom. The Bertz CT molecular complexity index is 1460. The Morgan fingerprint density at radius 3 is 2.54 bits per heavy atom. The second-order valence-electron chi connectivity index (χ2n) is 9.96. The summed E-state index contributed by atoms with van der Waals surface area (Å²) in [5.41, 5.74) is 5.67. The first kappa shape index (κ1) is 26.7. The molecule has 2 aliphatic heterocycles. The van der Waals surface area contributed by atoms with Crippen LogP contribution in [0.1, 0.15) is 58.8 Å². The third-order valence-corrected chi connectivity index (χ3v) is 7.74. The van der Waals surface area contributed by atoms with Crippen LogP contribution in [0.2, 0.25) is 5.02 Å². The highest BCUT2D eigenvalue weighted by Crippen LogP contribution is 2.38. The molecule has 7 heteroatoms. The van der Waals surface area contributed by atoms with Gasteiger partial charge in [-0.05, 0) is 66.8 Å². The molecule has 0 fully saturated rings. The van der Waals surface area contributed by atoms with Gasteiger partial charge in [0.2, 0.25) is 5.91 Å². The van der Waals surface area contributed by atoms with Crippen molar-refractivity contribution in [1.29, 1.82) is 0 Å². The second-order valence-corrected chi connectivity index (χ2v) is 10.4. The lowest BCUT2D eigenvalue weighted by molar-refractivity contribution is -0.140. The van der Waals surface area contributed by atoms with Gasteiger partial charge < -0.3 is 14.5 Å². The molecule has 0 saturated heterocycles. The van der Waals surface area contributed by atoms with Crippen molar-refractivity contribution >= 4 is 29.4 Å². The lowest BCUT2D eigenvalue weighted by Gasteiger charge is -2.34. The summed E-state index contributed by atoms with van der Waals surface area (Å²) < 4.78 is 5.39. The molecular weight excluding hydrogens is 512 g/mol. The number of carbonyl (C=O) groups excluding carboxylic acids is 3. The molecule has 0 bridgehead atoms. The molecule has 39 heavy (non-hydrogen) atoms. The molecular formula is C32H31ClN2O4. The van der Waals surface area contributed by atoms with Crippen LogP contribution in [-0.4, -0.2) is 40.7 Å². The number of hydrogen-bond donors (Lipinski definition) is 0. The maximum atomic E-state index is 13.4. The molecule has 200 valence electrons. The summed E-state index contributed by atoms with van der Waals surface area (Å²) in [4.78, 5) is 43.4. The molecule has 6 nitrogen and oxygen atoms in total. The van der Waals surface area contributed by atoms with E-state index in [9.17, 15) is 14.4 Å². The summed E-state index contributed by atoms with van der Waals surface area (Å²) in [5.74, 6) is -1.01. The number of nitrogens with zero attached hydrogens (tertiary/aromatic N) is 2. The molecule has 3 aromatic rings. The van der Waals surface area contributed by atoms with Crippen molar-refractivity contribution in [2.24, 2.45) is 0 Å². The van der Waals surface area contributed by atoms with E-state index < -0.39 is 11.9 Å². The summed E-state index contributed by atoms with van der Waals surface area (Å²) in [5, 5.41) is 0.543. The number of allylic oxidation sites excluding steroid dienone is 1. The van der Waals surface area contributed by atoms with Crippen molar-refractivity contribution in [3.05, 3.63) is 117 Å². The summed E-state index contributed by atoms with van der Waals surface area (Å²) in [6.07, 6.45) is 0.954. The third-order valence-electron chi connectivity index (χ3n) is 7.50. The van der Waals surface area contributed by atoms with Crippen LogP contribution >= 0.6 is 11.6 Å². The van der Waals surface area contributed by atoms with E-state index in [2.05, 4.69) is 12.1 Å². The molecule has 5 rings (SSSR count). The highest BCUT2D eigenvalue weighted by Gasteiger charge is 2.37. The number of benzene rings is 3. The summed E-state index contributed by atoms with van der Waals surface area (Å²) >= 11 is 6.22. The van der Waals surface area contributed by atoms with Crippen LogP contribution in [0.25, 0.3) is 0 Å². The van der Waals surface area contributed by atoms with Crippen molar-refractivity contribution in [2.45, 2.75) is 45.7 Å². The Kier molecular flexibility index (Phi) is 7.84. The molecule has 1 atom stereocenters. The molecule has 1 unspecified atom stereocenters. The molecule has 0 aliphatic carbocycles. The van der Waals surface area contributed by atoms with E-state index >= 15 is 0 Å². The van der Waals surface area contributed by atoms with E-state index in [4.69, 9.17) is 16.3 Å². The third kappa shape index (κ3) is 5.62. The Balaban J connectivity index is 1.41. The first-order chi connectivity index (χ1) is 18.9. The van der Waals surface area contributed by atoms with Gasteiger partial charge in [-0.3, -0.25) is 9.59 Å². The fourth-order valence-corrected chi connectivity index (χ4v) is 5.72. The predicted molar refractivity (Wildman–Crippen MR) is 150 cm³/mol. The maximum absolute atomic E-state index is 13.4. The van der Waals surface area contributed by atoms with Gasteiger partial charge in [-0.2, -0.15) is 0 Å². The predicted octanol–water partition coefficient (Wildman–Crippen LogP) is 5.89. The number of rotatable bonds is 6. The van der Waals surface area contributed by atoms with Crippen LogP contribution in [0, 0.1) is 0 Å². The van der Waals surface area contributed by atoms with Gasteiger partial charge >= 0.3 is 5.97 Å². The molecule has 3 aromatic carbocycles. The van der Waals surface area contributed by atoms with E-state index in [1.165, 1.54) is 11.1 Å². The van der Waals surface area contributed by atoms with Crippen molar-refractivity contribution in [1.82, 2.24) is 9.80 Å². The van der Waals surface area contributed by atoms with Crippen molar-refractivity contribution in [3.63, 3.8) is 0 Å². The number of ether oxygens (including phenoxy) is 1. The van der Waals surface area contributed by atoms with E-state index in [1.807, 2.05) is 53.4 Å². The van der Waals surface area contributed by atoms with Crippen LogP contribution in [0.4, 0.5) is 0 Å². The van der Waals surface area contributed by atoms with Crippen LogP contribution in [0.3, 0.4) is 0 Å². The number of halogens is 1. The molecule has 0 aromatic heterocycles. The standard InChI is InChI=1S/C32H31ClN2O4/c1-3-39-32(38)30-21(2)35(29(36)18-28(30)24-11-7-13-27(33)17-24)19-22-8-6-12-25(16-22)31(37)34-15-14-23-9-4-5-10-26(23)20-34/h4-13,16-17,28H,3,14-15,18-20H2,1-2H3. The summed E-state index contributed by atoms with van der Waals surface area (Å²) in [6, 6.07) is 22.9. The monoisotopic (exact) mass is 542 g/mol. The Morgan fingerprint density at radius 2 is 1.77 bits per heavy atom. The minimum Gasteiger partial charge on any atom is -0.463 e. The van der Waals surface area contributed by atoms with Gasteiger partial charge in [0.1, 0.15) is 0 Å².